The van der Waals surface area contributed by atoms with E-state index in [1.54, 1.807) is 4.90 Å². The number of fused-ring (bicyclic) bond motifs is 1. The number of cyclic esters (lactones) is 1. The highest BCUT2D eigenvalue weighted by Crippen LogP contribution is 2.44. The van der Waals surface area contributed by atoms with Crippen molar-refractivity contribution in [1.82, 2.24) is 15.1 Å². The number of carbonyl (C=O) groups is 3. The van der Waals surface area contributed by atoms with Crippen LogP contribution in [0.3, 0.4) is 0 Å². The lowest BCUT2D eigenvalue weighted by Gasteiger charge is -2.49. The summed E-state index contributed by atoms with van der Waals surface area (Å²) in [6, 6.07) is 9.18. The third-order valence-corrected chi connectivity index (χ3v) is 5.33. The Hall–Kier alpha value is -2.83. The van der Waals surface area contributed by atoms with Crippen molar-refractivity contribution in [2.75, 3.05) is 20.2 Å². The zero-order valence-corrected chi connectivity index (χ0v) is 14.8. The van der Waals surface area contributed by atoms with Gasteiger partial charge in [0, 0.05) is 19.5 Å². The Morgan fingerprint density at radius 2 is 1.92 bits per heavy atom. The Balaban J connectivity index is 1.87. The molecule has 4 rings (SSSR count). The van der Waals surface area contributed by atoms with E-state index < -0.39 is 24.0 Å². The van der Waals surface area contributed by atoms with Crippen LogP contribution in [-0.2, 0) is 14.3 Å². The fraction of sp³-hybridized carbons (Fsp3) is 0.421. The molecule has 7 heteroatoms. The van der Waals surface area contributed by atoms with Crippen molar-refractivity contribution in [1.29, 1.82) is 0 Å². The summed E-state index contributed by atoms with van der Waals surface area (Å²) in [5.74, 6) is -1.68. The summed E-state index contributed by atoms with van der Waals surface area (Å²) in [5, 5.41) is 3.26. The van der Waals surface area contributed by atoms with Crippen molar-refractivity contribution in [3.8, 4) is 0 Å². The molecule has 0 aromatic heterocycles. The largest absolute Gasteiger partial charge is 0.456 e. The zero-order valence-electron chi connectivity index (χ0n) is 14.8. The maximum absolute atomic E-state index is 13.1. The Kier molecular flexibility index (Phi) is 3.94. The number of nitrogens with zero attached hydrogens (tertiary/aromatic N) is 2. The average Bonchev–Trinajstić information content (AvgIpc) is 3.03. The topological polar surface area (TPSA) is 79.0 Å². The SMILES string of the molecule is CCCN1C(=O)N(C)C(=O)C2C(c3ccccc3)C3=C(COC3=O)NC21. The fourth-order valence-electron chi connectivity index (χ4n) is 4.17. The molecule has 0 radical (unpaired) electrons. The van der Waals surface area contributed by atoms with Crippen molar-refractivity contribution >= 4 is 17.9 Å². The van der Waals surface area contributed by atoms with Crippen molar-refractivity contribution in [3.63, 3.8) is 0 Å². The van der Waals surface area contributed by atoms with Gasteiger partial charge < -0.3 is 15.0 Å². The van der Waals surface area contributed by atoms with Crippen molar-refractivity contribution in [2.45, 2.75) is 25.4 Å². The van der Waals surface area contributed by atoms with Crippen LogP contribution in [0.4, 0.5) is 4.79 Å². The quantitative estimate of drug-likeness (QED) is 0.830. The molecule has 1 aromatic carbocycles. The first-order valence-electron chi connectivity index (χ1n) is 8.84. The van der Waals surface area contributed by atoms with E-state index in [1.165, 1.54) is 11.9 Å². The number of hydrogen-bond acceptors (Lipinski definition) is 5. The number of rotatable bonds is 3. The molecule has 1 saturated heterocycles. The molecule has 26 heavy (non-hydrogen) atoms. The summed E-state index contributed by atoms with van der Waals surface area (Å²) in [5.41, 5.74) is 2.06. The number of ether oxygens (including phenoxy) is 1. The third-order valence-electron chi connectivity index (χ3n) is 5.33. The molecule has 3 amide bonds. The second-order valence-corrected chi connectivity index (χ2v) is 6.84. The number of nitrogens with one attached hydrogen (secondary N) is 1. The number of hydrogen-bond donors (Lipinski definition) is 1. The minimum atomic E-state index is -0.573. The Bertz CT molecular complexity index is 804. The van der Waals surface area contributed by atoms with Crippen molar-refractivity contribution < 1.29 is 19.1 Å². The Labute approximate surface area is 151 Å². The number of esters is 1. The number of imide groups is 1. The highest BCUT2D eigenvalue weighted by atomic mass is 16.5. The van der Waals surface area contributed by atoms with Crippen LogP contribution in [0.25, 0.3) is 0 Å². The van der Waals surface area contributed by atoms with E-state index in [4.69, 9.17) is 4.74 Å². The first-order chi connectivity index (χ1) is 12.5. The summed E-state index contributed by atoms with van der Waals surface area (Å²) < 4.78 is 5.24. The standard InChI is InChI=1S/C19H21N3O4/c1-3-9-22-16-15(17(23)21(2)19(22)25)13(11-7-5-4-6-8-11)14-12(20-16)10-26-18(14)24/h4-8,13,15-16,20H,3,9-10H2,1-2H3. The van der Waals surface area contributed by atoms with Gasteiger partial charge in [-0.2, -0.15) is 0 Å². The minimum absolute atomic E-state index is 0.152. The summed E-state index contributed by atoms with van der Waals surface area (Å²) in [7, 11) is 1.50. The fourth-order valence-corrected chi connectivity index (χ4v) is 4.17. The van der Waals surface area contributed by atoms with E-state index in [2.05, 4.69) is 5.32 Å². The van der Waals surface area contributed by atoms with Crippen LogP contribution in [0, 0.1) is 5.92 Å². The van der Waals surface area contributed by atoms with Crippen LogP contribution in [0.2, 0.25) is 0 Å². The number of carbonyl (C=O) groups excluding carboxylic acids is 3. The molecule has 136 valence electrons. The molecule has 7 nitrogen and oxygen atoms in total. The first kappa shape index (κ1) is 16.6. The molecule has 3 unspecified atom stereocenters. The van der Waals surface area contributed by atoms with Crippen molar-refractivity contribution in [3.05, 3.63) is 47.2 Å². The van der Waals surface area contributed by atoms with Gasteiger partial charge in [0.2, 0.25) is 5.91 Å². The number of urea groups is 1. The molecule has 3 aliphatic heterocycles. The van der Waals surface area contributed by atoms with Gasteiger partial charge in [0.25, 0.3) is 0 Å². The number of amides is 3. The molecule has 1 aromatic rings. The Morgan fingerprint density at radius 1 is 1.19 bits per heavy atom. The predicted molar refractivity (Wildman–Crippen MR) is 92.7 cm³/mol. The smallest absolute Gasteiger partial charge is 0.336 e. The molecule has 1 fully saturated rings. The lowest BCUT2D eigenvalue weighted by atomic mass is 9.74. The maximum Gasteiger partial charge on any atom is 0.336 e. The second-order valence-electron chi connectivity index (χ2n) is 6.84. The van der Waals surface area contributed by atoms with Crippen molar-refractivity contribution in [2.24, 2.45) is 5.92 Å². The summed E-state index contributed by atoms with van der Waals surface area (Å²) >= 11 is 0. The van der Waals surface area contributed by atoms with Crippen LogP contribution in [0.15, 0.2) is 41.6 Å². The first-order valence-corrected chi connectivity index (χ1v) is 8.84. The molecule has 0 spiro atoms. The highest BCUT2D eigenvalue weighted by Gasteiger charge is 2.54. The van der Waals surface area contributed by atoms with Gasteiger partial charge in [-0.1, -0.05) is 37.3 Å². The van der Waals surface area contributed by atoms with E-state index in [-0.39, 0.29) is 18.5 Å². The molecule has 0 aliphatic carbocycles. The monoisotopic (exact) mass is 355 g/mol. The third kappa shape index (κ3) is 2.30. The van der Waals surface area contributed by atoms with Gasteiger partial charge >= 0.3 is 12.0 Å². The molecule has 0 saturated carbocycles. The van der Waals surface area contributed by atoms with E-state index in [0.717, 1.165) is 12.0 Å². The minimum Gasteiger partial charge on any atom is -0.456 e. The van der Waals surface area contributed by atoms with Gasteiger partial charge in [-0.25, -0.2) is 9.59 Å². The van der Waals surface area contributed by atoms with Gasteiger partial charge in [0.15, 0.2) is 0 Å². The molecular formula is C19H21N3O4. The lowest BCUT2D eigenvalue weighted by Crippen LogP contribution is -2.67. The molecule has 1 N–H and O–H groups in total. The van der Waals surface area contributed by atoms with Crippen LogP contribution >= 0.6 is 0 Å². The molecule has 3 aliphatic rings. The van der Waals surface area contributed by atoms with E-state index in [0.29, 0.717) is 17.8 Å². The van der Waals surface area contributed by atoms with E-state index >= 15 is 0 Å². The van der Waals surface area contributed by atoms with Gasteiger partial charge in [0.05, 0.1) is 17.2 Å². The predicted octanol–water partition coefficient (Wildman–Crippen LogP) is 1.43. The highest BCUT2D eigenvalue weighted by molar-refractivity contribution is 6.02. The van der Waals surface area contributed by atoms with Crippen LogP contribution < -0.4 is 5.32 Å². The van der Waals surface area contributed by atoms with Crippen LogP contribution in [0.1, 0.15) is 24.8 Å². The second kappa shape index (κ2) is 6.16. The molecule has 0 bridgehead atoms. The van der Waals surface area contributed by atoms with Crippen LogP contribution in [0.5, 0.6) is 0 Å². The molecular weight excluding hydrogens is 334 g/mol. The average molecular weight is 355 g/mol. The van der Waals surface area contributed by atoms with E-state index in [1.807, 2.05) is 37.3 Å². The summed E-state index contributed by atoms with van der Waals surface area (Å²) in [6.07, 6.45) is 0.292. The lowest BCUT2D eigenvalue weighted by molar-refractivity contribution is -0.140. The van der Waals surface area contributed by atoms with E-state index in [9.17, 15) is 14.4 Å². The van der Waals surface area contributed by atoms with Gasteiger partial charge in [0.1, 0.15) is 12.8 Å². The summed E-state index contributed by atoms with van der Waals surface area (Å²) in [4.78, 5) is 41.0. The molecule has 3 heterocycles. The summed E-state index contributed by atoms with van der Waals surface area (Å²) in [6.45, 7) is 2.67. The van der Waals surface area contributed by atoms with Crippen LogP contribution in [-0.4, -0.2) is 54.1 Å². The van der Waals surface area contributed by atoms with Gasteiger partial charge in [-0.3, -0.25) is 9.69 Å². The number of benzene rings is 1. The van der Waals surface area contributed by atoms with Gasteiger partial charge in [-0.15, -0.1) is 0 Å². The zero-order chi connectivity index (χ0) is 18.4. The molecule has 3 atom stereocenters. The Morgan fingerprint density at radius 3 is 2.62 bits per heavy atom. The van der Waals surface area contributed by atoms with Gasteiger partial charge in [-0.05, 0) is 12.0 Å². The maximum atomic E-state index is 13.1. The normalized spacial score (nSPS) is 27.9.